The number of nitrogens with one attached hydrogen (secondary N) is 1. The molecular formula is C12H20N2OS. The lowest BCUT2D eigenvalue weighted by Crippen LogP contribution is -2.33. The van der Waals surface area contributed by atoms with Gasteiger partial charge in [0.1, 0.15) is 0 Å². The van der Waals surface area contributed by atoms with E-state index in [0.29, 0.717) is 13.0 Å². The molecule has 0 spiro atoms. The zero-order valence-corrected chi connectivity index (χ0v) is 10.6. The van der Waals surface area contributed by atoms with Crippen LogP contribution in [0.1, 0.15) is 31.1 Å². The fourth-order valence-corrected chi connectivity index (χ4v) is 2.39. The Kier molecular flexibility index (Phi) is 6.11. The average molecular weight is 240 g/mol. The topological polar surface area (TPSA) is 55.1 Å². The molecular weight excluding hydrogens is 220 g/mol. The summed E-state index contributed by atoms with van der Waals surface area (Å²) in [5, 5.41) is 5.06. The third-order valence-electron chi connectivity index (χ3n) is 2.35. The molecule has 0 radical (unpaired) electrons. The summed E-state index contributed by atoms with van der Waals surface area (Å²) in [7, 11) is 0. The van der Waals surface area contributed by atoms with Crippen molar-refractivity contribution >= 4 is 17.2 Å². The molecule has 1 unspecified atom stereocenters. The highest BCUT2D eigenvalue weighted by Crippen LogP contribution is 2.11. The Morgan fingerprint density at radius 1 is 1.56 bits per heavy atom. The summed E-state index contributed by atoms with van der Waals surface area (Å²) in [5.74, 6) is 0.137. The van der Waals surface area contributed by atoms with E-state index in [2.05, 4.69) is 16.8 Å². The SMILES string of the molecule is CC(Cc1cccs1)NC(=O)CCCCN. The van der Waals surface area contributed by atoms with Crippen molar-refractivity contribution in [3.63, 3.8) is 0 Å². The van der Waals surface area contributed by atoms with Crippen LogP contribution < -0.4 is 11.1 Å². The van der Waals surface area contributed by atoms with Crippen molar-refractivity contribution in [3.05, 3.63) is 22.4 Å². The number of thiophene rings is 1. The first-order valence-electron chi connectivity index (χ1n) is 5.74. The van der Waals surface area contributed by atoms with Gasteiger partial charge in [-0.1, -0.05) is 6.07 Å². The number of rotatable bonds is 7. The summed E-state index contributed by atoms with van der Waals surface area (Å²) in [6.45, 7) is 2.71. The Hall–Kier alpha value is -0.870. The van der Waals surface area contributed by atoms with E-state index in [1.807, 2.05) is 13.0 Å². The number of unbranched alkanes of at least 4 members (excludes halogenated alkanes) is 1. The minimum Gasteiger partial charge on any atom is -0.353 e. The summed E-state index contributed by atoms with van der Waals surface area (Å²) < 4.78 is 0. The zero-order valence-electron chi connectivity index (χ0n) is 9.74. The molecule has 0 aromatic carbocycles. The van der Waals surface area contributed by atoms with Crippen LogP contribution in [0.25, 0.3) is 0 Å². The van der Waals surface area contributed by atoms with Gasteiger partial charge in [-0.3, -0.25) is 4.79 Å². The molecule has 4 heteroatoms. The van der Waals surface area contributed by atoms with Crippen molar-refractivity contribution < 1.29 is 4.79 Å². The maximum atomic E-state index is 11.5. The molecule has 0 bridgehead atoms. The molecule has 1 aromatic rings. The van der Waals surface area contributed by atoms with Crippen LogP contribution in [0, 0.1) is 0 Å². The van der Waals surface area contributed by atoms with Gasteiger partial charge in [0.2, 0.25) is 5.91 Å². The van der Waals surface area contributed by atoms with Gasteiger partial charge in [0.15, 0.2) is 0 Å². The minimum atomic E-state index is 0.137. The molecule has 1 rings (SSSR count). The van der Waals surface area contributed by atoms with Crippen LogP contribution in [-0.4, -0.2) is 18.5 Å². The van der Waals surface area contributed by atoms with Gasteiger partial charge in [0.25, 0.3) is 0 Å². The van der Waals surface area contributed by atoms with Gasteiger partial charge in [-0.15, -0.1) is 11.3 Å². The quantitative estimate of drug-likeness (QED) is 0.715. The van der Waals surface area contributed by atoms with E-state index in [9.17, 15) is 4.79 Å². The first-order valence-corrected chi connectivity index (χ1v) is 6.62. The largest absolute Gasteiger partial charge is 0.353 e. The zero-order chi connectivity index (χ0) is 11.8. The van der Waals surface area contributed by atoms with Crippen molar-refractivity contribution in [2.45, 2.75) is 38.6 Å². The van der Waals surface area contributed by atoms with Gasteiger partial charge in [-0.25, -0.2) is 0 Å². The monoisotopic (exact) mass is 240 g/mol. The van der Waals surface area contributed by atoms with Gasteiger partial charge in [-0.2, -0.15) is 0 Å². The summed E-state index contributed by atoms with van der Waals surface area (Å²) in [5.41, 5.74) is 5.38. The second kappa shape index (κ2) is 7.41. The second-order valence-electron chi connectivity index (χ2n) is 4.00. The summed E-state index contributed by atoms with van der Waals surface area (Å²) >= 11 is 1.73. The number of carbonyl (C=O) groups is 1. The maximum absolute atomic E-state index is 11.5. The molecule has 90 valence electrons. The first-order chi connectivity index (χ1) is 7.72. The van der Waals surface area contributed by atoms with Crippen molar-refractivity contribution in [3.8, 4) is 0 Å². The molecule has 0 fully saturated rings. The van der Waals surface area contributed by atoms with E-state index in [0.717, 1.165) is 19.3 Å². The smallest absolute Gasteiger partial charge is 0.220 e. The molecule has 1 aromatic heterocycles. The molecule has 1 atom stereocenters. The van der Waals surface area contributed by atoms with Gasteiger partial charge in [-0.05, 0) is 37.8 Å². The molecule has 0 saturated heterocycles. The maximum Gasteiger partial charge on any atom is 0.220 e. The van der Waals surface area contributed by atoms with Crippen molar-refractivity contribution in [2.24, 2.45) is 5.73 Å². The Bertz CT molecular complexity index is 298. The fraction of sp³-hybridized carbons (Fsp3) is 0.583. The Morgan fingerprint density at radius 3 is 3.00 bits per heavy atom. The lowest BCUT2D eigenvalue weighted by Gasteiger charge is -2.12. The van der Waals surface area contributed by atoms with Crippen LogP contribution in [0.2, 0.25) is 0 Å². The van der Waals surface area contributed by atoms with E-state index in [4.69, 9.17) is 5.73 Å². The third kappa shape index (κ3) is 5.28. The van der Waals surface area contributed by atoms with Crippen LogP contribution in [-0.2, 0) is 11.2 Å². The van der Waals surface area contributed by atoms with Crippen LogP contribution in [0.4, 0.5) is 0 Å². The van der Waals surface area contributed by atoms with E-state index in [1.165, 1.54) is 4.88 Å². The van der Waals surface area contributed by atoms with E-state index in [-0.39, 0.29) is 11.9 Å². The van der Waals surface area contributed by atoms with Crippen molar-refractivity contribution in [2.75, 3.05) is 6.54 Å². The number of hydrogen-bond donors (Lipinski definition) is 2. The summed E-state index contributed by atoms with van der Waals surface area (Å²) in [4.78, 5) is 12.8. The highest BCUT2D eigenvalue weighted by molar-refractivity contribution is 7.09. The second-order valence-corrected chi connectivity index (χ2v) is 5.03. The van der Waals surface area contributed by atoms with Gasteiger partial charge in [0.05, 0.1) is 0 Å². The lowest BCUT2D eigenvalue weighted by molar-refractivity contribution is -0.121. The van der Waals surface area contributed by atoms with E-state index >= 15 is 0 Å². The number of nitrogens with two attached hydrogens (primary N) is 1. The molecule has 16 heavy (non-hydrogen) atoms. The predicted molar refractivity (Wildman–Crippen MR) is 68.5 cm³/mol. The Morgan fingerprint density at radius 2 is 2.38 bits per heavy atom. The molecule has 1 heterocycles. The van der Waals surface area contributed by atoms with Crippen LogP contribution in [0.5, 0.6) is 0 Å². The Balaban J connectivity index is 2.18. The van der Waals surface area contributed by atoms with E-state index in [1.54, 1.807) is 11.3 Å². The molecule has 0 saturated carbocycles. The van der Waals surface area contributed by atoms with E-state index < -0.39 is 0 Å². The molecule has 3 nitrogen and oxygen atoms in total. The van der Waals surface area contributed by atoms with Gasteiger partial charge < -0.3 is 11.1 Å². The Labute approximate surface area is 101 Å². The average Bonchev–Trinajstić information content (AvgIpc) is 2.70. The highest BCUT2D eigenvalue weighted by atomic mass is 32.1. The highest BCUT2D eigenvalue weighted by Gasteiger charge is 2.08. The van der Waals surface area contributed by atoms with Crippen LogP contribution >= 0.6 is 11.3 Å². The number of amides is 1. The summed E-state index contributed by atoms with van der Waals surface area (Å²) in [6, 6.07) is 4.35. The molecule has 1 amide bonds. The first kappa shape index (κ1) is 13.2. The third-order valence-corrected chi connectivity index (χ3v) is 3.25. The number of hydrogen-bond acceptors (Lipinski definition) is 3. The van der Waals surface area contributed by atoms with Gasteiger partial charge >= 0.3 is 0 Å². The summed E-state index contributed by atoms with van der Waals surface area (Å²) in [6.07, 6.45) is 3.31. The minimum absolute atomic E-state index is 0.137. The van der Waals surface area contributed by atoms with Crippen molar-refractivity contribution in [1.82, 2.24) is 5.32 Å². The molecule has 0 aliphatic heterocycles. The normalized spacial score (nSPS) is 12.4. The fourth-order valence-electron chi connectivity index (χ4n) is 1.56. The van der Waals surface area contributed by atoms with Gasteiger partial charge in [0, 0.05) is 23.8 Å². The molecule has 0 aliphatic carbocycles. The number of carbonyl (C=O) groups excluding carboxylic acids is 1. The van der Waals surface area contributed by atoms with Crippen LogP contribution in [0.15, 0.2) is 17.5 Å². The molecule has 3 N–H and O–H groups in total. The standard InChI is InChI=1S/C12H20N2OS/c1-10(9-11-5-4-8-16-11)14-12(15)6-2-3-7-13/h4-5,8,10H,2-3,6-7,9,13H2,1H3,(H,14,15). The predicted octanol–water partition coefficient (Wildman–Crippen LogP) is 1.92. The van der Waals surface area contributed by atoms with Crippen molar-refractivity contribution in [1.29, 1.82) is 0 Å². The molecule has 0 aliphatic rings. The van der Waals surface area contributed by atoms with Crippen LogP contribution in [0.3, 0.4) is 0 Å². The lowest BCUT2D eigenvalue weighted by atomic mass is 10.2.